The smallest absolute Gasteiger partial charge is 0.257 e. The molecule has 25 heavy (non-hydrogen) atoms. The number of carbonyl (C=O) groups is 1. The summed E-state index contributed by atoms with van der Waals surface area (Å²) in [7, 11) is 1.62. The Labute approximate surface area is 147 Å². The lowest BCUT2D eigenvalue weighted by molar-refractivity contribution is 0.102. The molecule has 1 heterocycles. The molecule has 0 bridgehead atoms. The van der Waals surface area contributed by atoms with Crippen molar-refractivity contribution in [1.82, 2.24) is 10.2 Å². The van der Waals surface area contributed by atoms with Gasteiger partial charge in [0, 0.05) is 5.56 Å². The van der Waals surface area contributed by atoms with Gasteiger partial charge in [0.1, 0.15) is 16.6 Å². The molecule has 0 spiro atoms. The van der Waals surface area contributed by atoms with Gasteiger partial charge >= 0.3 is 0 Å². The summed E-state index contributed by atoms with van der Waals surface area (Å²) >= 11 is 1.25. The number of methoxy groups -OCH3 is 1. The average molecular weight is 355 g/mol. The number of ether oxygens (including phenoxy) is 1. The van der Waals surface area contributed by atoms with Crippen molar-refractivity contribution >= 4 is 34.5 Å². The van der Waals surface area contributed by atoms with Crippen LogP contribution in [0.3, 0.4) is 0 Å². The van der Waals surface area contributed by atoms with Crippen LogP contribution in [0, 0.1) is 5.82 Å². The van der Waals surface area contributed by atoms with Gasteiger partial charge in [-0.05, 0) is 48.0 Å². The van der Waals surface area contributed by atoms with Crippen molar-refractivity contribution in [3.63, 3.8) is 0 Å². The maximum absolute atomic E-state index is 12.9. The average Bonchev–Trinajstić information content (AvgIpc) is 3.08. The number of nitrogens with one attached hydrogen (secondary N) is 1. The van der Waals surface area contributed by atoms with Gasteiger partial charge in [0.15, 0.2) is 0 Å². The minimum Gasteiger partial charge on any atom is -0.497 e. The van der Waals surface area contributed by atoms with Crippen LogP contribution in [-0.4, -0.2) is 23.2 Å². The number of hydrogen-bond acceptors (Lipinski definition) is 5. The zero-order chi connectivity index (χ0) is 17.6. The molecule has 0 saturated heterocycles. The van der Waals surface area contributed by atoms with E-state index < -0.39 is 5.82 Å². The van der Waals surface area contributed by atoms with Crippen LogP contribution in [0.2, 0.25) is 0 Å². The molecular formula is C18H14FN3O2S. The van der Waals surface area contributed by atoms with Crippen LogP contribution >= 0.6 is 11.3 Å². The molecule has 1 N–H and O–H groups in total. The first-order chi connectivity index (χ1) is 12.1. The molecule has 0 fully saturated rings. The van der Waals surface area contributed by atoms with Gasteiger partial charge in [-0.15, -0.1) is 10.2 Å². The van der Waals surface area contributed by atoms with Gasteiger partial charge in [-0.2, -0.15) is 0 Å². The van der Waals surface area contributed by atoms with Crippen molar-refractivity contribution in [2.24, 2.45) is 0 Å². The van der Waals surface area contributed by atoms with Gasteiger partial charge in [0.05, 0.1) is 7.11 Å². The first kappa shape index (κ1) is 16.8. The second-order valence-electron chi connectivity index (χ2n) is 5.01. The van der Waals surface area contributed by atoms with E-state index in [-0.39, 0.29) is 5.91 Å². The highest BCUT2D eigenvalue weighted by atomic mass is 32.1. The second kappa shape index (κ2) is 7.67. The van der Waals surface area contributed by atoms with Crippen LogP contribution < -0.4 is 10.1 Å². The lowest BCUT2D eigenvalue weighted by atomic mass is 10.2. The van der Waals surface area contributed by atoms with Crippen molar-refractivity contribution in [3.05, 3.63) is 70.5 Å². The van der Waals surface area contributed by atoms with E-state index in [0.29, 0.717) is 15.7 Å². The largest absolute Gasteiger partial charge is 0.497 e. The number of rotatable bonds is 5. The van der Waals surface area contributed by atoms with Crippen LogP contribution in [-0.2, 0) is 0 Å². The molecular weight excluding hydrogens is 341 g/mol. The van der Waals surface area contributed by atoms with Crippen LogP contribution in [0.4, 0.5) is 9.52 Å². The van der Waals surface area contributed by atoms with Crippen molar-refractivity contribution in [1.29, 1.82) is 0 Å². The number of carbonyl (C=O) groups excluding carboxylic acids is 1. The highest BCUT2D eigenvalue weighted by Gasteiger charge is 2.09. The van der Waals surface area contributed by atoms with Crippen LogP contribution in [0.1, 0.15) is 20.9 Å². The number of halogens is 1. The van der Waals surface area contributed by atoms with E-state index in [9.17, 15) is 9.18 Å². The minimum absolute atomic E-state index is 0.354. The summed E-state index contributed by atoms with van der Waals surface area (Å²) in [6, 6.07) is 12.9. The molecule has 0 aliphatic rings. The summed E-state index contributed by atoms with van der Waals surface area (Å²) in [5.41, 5.74) is 1.35. The fourth-order valence-corrected chi connectivity index (χ4v) is 2.65. The SMILES string of the molecule is COc1ccc(/C=C/c2nnc(NC(=O)c3ccc(F)cc3)s2)cc1. The lowest BCUT2D eigenvalue weighted by Gasteiger charge is -2.00. The zero-order valence-corrected chi connectivity index (χ0v) is 14.1. The summed E-state index contributed by atoms with van der Waals surface area (Å²) in [5, 5.41) is 11.6. The molecule has 0 saturated carbocycles. The lowest BCUT2D eigenvalue weighted by Crippen LogP contribution is -2.11. The number of nitrogens with zero attached hydrogens (tertiary/aromatic N) is 2. The molecule has 3 aromatic rings. The Morgan fingerprint density at radius 3 is 2.48 bits per heavy atom. The van der Waals surface area contributed by atoms with Crippen molar-refractivity contribution in [2.45, 2.75) is 0 Å². The van der Waals surface area contributed by atoms with E-state index in [1.54, 1.807) is 7.11 Å². The van der Waals surface area contributed by atoms with Gasteiger partial charge in [-0.25, -0.2) is 4.39 Å². The summed E-state index contributed by atoms with van der Waals surface area (Å²) in [6.07, 6.45) is 3.71. The number of anilines is 1. The molecule has 0 atom stereocenters. The predicted molar refractivity (Wildman–Crippen MR) is 96.2 cm³/mol. The van der Waals surface area contributed by atoms with Gasteiger partial charge in [0.2, 0.25) is 5.13 Å². The van der Waals surface area contributed by atoms with Crippen molar-refractivity contribution in [2.75, 3.05) is 12.4 Å². The number of aromatic nitrogens is 2. The van der Waals surface area contributed by atoms with Gasteiger partial charge < -0.3 is 4.74 Å². The first-order valence-electron chi connectivity index (χ1n) is 7.36. The standard InChI is InChI=1S/C18H14FN3O2S/c1-24-15-9-2-12(3-10-15)4-11-16-21-22-18(25-16)20-17(23)13-5-7-14(19)8-6-13/h2-11H,1H3,(H,20,22,23)/b11-4+. The van der Waals surface area contributed by atoms with Crippen LogP contribution in [0.5, 0.6) is 5.75 Å². The molecule has 0 aliphatic carbocycles. The van der Waals surface area contributed by atoms with Gasteiger partial charge in [-0.1, -0.05) is 29.5 Å². The second-order valence-corrected chi connectivity index (χ2v) is 6.02. The summed E-state index contributed by atoms with van der Waals surface area (Å²) in [4.78, 5) is 12.0. The molecule has 3 rings (SSSR count). The maximum Gasteiger partial charge on any atom is 0.257 e. The molecule has 0 radical (unpaired) electrons. The van der Waals surface area contributed by atoms with E-state index in [1.165, 1.54) is 35.6 Å². The summed E-state index contributed by atoms with van der Waals surface area (Å²) < 4.78 is 18.0. The zero-order valence-electron chi connectivity index (χ0n) is 13.3. The number of hydrogen-bond donors (Lipinski definition) is 1. The van der Waals surface area contributed by atoms with Crippen molar-refractivity contribution in [3.8, 4) is 5.75 Å². The monoisotopic (exact) mass is 355 g/mol. The summed E-state index contributed by atoms with van der Waals surface area (Å²) in [5.74, 6) is 0.0408. The molecule has 7 heteroatoms. The molecule has 126 valence electrons. The third-order valence-corrected chi connectivity index (χ3v) is 4.11. The first-order valence-corrected chi connectivity index (χ1v) is 8.18. The number of benzene rings is 2. The molecule has 5 nitrogen and oxygen atoms in total. The maximum atomic E-state index is 12.9. The quantitative estimate of drug-likeness (QED) is 0.748. The van der Waals surface area contributed by atoms with E-state index >= 15 is 0 Å². The Bertz CT molecular complexity index is 889. The molecule has 1 aromatic heterocycles. The van der Waals surface area contributed by atoms with E-state index in [4.69, 9.17) is 4.74 Å². The van der Waals surface area contributed by atoms with Crippen molar-refractivity contribution < 1.29 is 13.9 Å². The highest BCUT2D eigenvalue weighted by Crippen LogP contribution is 2.19. The topological polar surface area (TPSA) is 64.1 Å². The highest BCUT2D eigenvalue weighted by molar-refractivity contribution is 7.16. The Hall–Kier alpha value is -3.06. The fraction of sp³-hybridized carbons (Fsp3) is 0.0556. The van der Waals surface area contributed by atoms with E-state index in [0.717, 1.165) is 11.3 Å². The van der Waals surface area contributed by atoms with Gasteiger partial charge in [0.25, 0.3) is 5.91 Å². The van der Waals surface area contributed by atoms with E-state index in [1.807, 2.05) is 36.4 Å². The fourth-order valence-electron chi connectivity index (χ4n) is 2.01. The minimum atomic E-state index is -0.390. The molecule has 0 aliphatic heterocycles. The number of amides is 1. The Kier molecular flexibility index (Phi) is 5.15. The van der Waals surface area contributed by atoms with E-state index in [2.05, 4.69) is 15.5 Å². The van der Waals surface area contributed by atoms with Gasteiger partial charge in [-0.3, -0.25) is 10.1 Å². The molecule has 1 amide bonds. The molecule has 0 unspecified atom stereocenters. The Morgan fingerprint density at radius 2 is 1.80 bits per heavy atom. The predicted octanol–water partition coefficient (Wildman–Crippen LogP) is 4.11. The Balaban J connectivity index is 1.64. The normalized spacial score (nSPS) is 10.8. The molecule has 2 aromatic carbocycles. The third-order valence-electron chi connectivity index (χ3n) is 3.30. The van der Waals surface area contributed by atoms with Crippen LogP contribution in [0.15, 0.2) is 48.5 Å². The summed E-state index contributed by atoms with van der Waals surface area (Å²) in [6.45, 7) is 0. The third kappa shape index (κ3) is 4.48. The van der Waals surface area contributed by atoms with Crippen LogP contribution in [0.25, 0.3) is 12.2 Å². The Morgan fingerprint density at radius 1 is 1.08 bits per heavy atom.